The van der Waals surface area contributed by atoms with Crippen LogP contribution in [0.25, 0.3) is 0 Å². The van der Waals surface area contributed by atoms with Gasteiger partial charge in [0.15, 0.2) is 11.5 Å². The largest absolute Gasteiger partial charge is 0.541 e. The van der Waals surface area contributed by atoms with Crippen LogP contribution in [0.4, 0.5) is 0 Å². The number of aryl methyl sites for hydroxylation is 1. The number of piperazine rings is 1. The Morgan fingerprint density at radius 3 is 2.42 bits per heavy atom. The molecule has 0 saturated carbocycles. The van der Waals surface area contributed by atoms with Crippen LogP contribution in [0.2, 0.25) is 0 Å². The Morgan fingerprint density at radius 2 is 1.84 bits per heavy atom. The Bertz CT molecular complexity index is 1410. The molecule has 230 valence electrons. The van der Waals surface area contributed by atoms with E-state index in [1.165, 1.54) is 30.1 Å². The van der Waals surface area contributed by atoms with Crippen molar-refractivity contribution in [3.8, 4) is 0 Å². The second kappa shape index (κ2) is 11.5. The molecule has 15 nitrogen and oxygen atoms in total. The van der Waals surface area contributed by atoms with Gasteiger partial charge >= 0.3 is 31.8 Å². The zero-order valence-corrected chi connectivity index (χ0v) is 26.1. The third kappa shape index (κ3) is 6.12. The predicted octanol–water partition coefficient (Wildman–Crippen LogP) is -0.349. The van der Waals surface area contributed by atoms with Crippen LogP contribution in [0.3, 0.4) is 0 Å². The van der Waals surface area contributed by atoms with Crippen molar-refractivity contribution < 1.29 is 43.0 Å². The number of β-lactam (4-membered cyclic amide) rings is 1. The fraction of sp³-hybridized carbons (Fsp3) is 0.600. The number of thioether (sulfide) groups is 1. The van der Waals surface area contributed by atoms with E-state index < -0.39 is 62.8 Å². The van der Waals surface area contributed by atoms with Crippen molar-refractivity contribution in [2.45, 2.75) is 69.4 Å². The lowest BCUT2D eigenvalue weighted by Gasteiger charge is -2.41. The maximum absolute atomic E-state index is 13.6. The second-order valence-corrected chi connectivity index (χ2v) is 14.1. The van der Waals surface area contributed by atoms with Crippen molar-refractivity contribution >= 4 is 72.3 Å². The van der Waals surface area contributed by atoms with Crippen molar-refractivity contribution in [2.24, 2.45) is 16.9 Å². The molecule has 3 aliphatic heterocycles. The van der Waals surface area contributed by atoms with Crippen molar-refractivity contribution in [3.63, 3.8) is 0 Å². The van der Waals surface area contributed by atoms with Gasteiger partial charge in [-0.3, -0.25) is 29.0 Å². The highest BCUT2D eigenvalue weighted by Gasteiger charge is 2.66. The molecule has 2 N–H and O–H groups in total. The standard InChI is InChI=1S/C25H31BN6O9S2/c1-12-28-14(10-42-12)16(29-41-24(5,6)21(37)39-23(2,3)4)15(33)9-13-17(34)30-11-25(22(38)40-26,43-20(13)30)31-7-8-32(27)19(36)18(31)35/h10,13,20H,7-9,11,27H2,1-6H3/b29-16-/t13?,20-,25-/m1/s1. The number of hydrogen-bond donors (Lipinski definition) is 1. The Balaban J connectivity index is 1.57. The number of thiazole rings is 1. The van der Waals surface area contributed by atoms with Crippen LogP contribution in [0.5, 0.6) is 0 Å². The Labute approximate surface area is 256 Å². The van der Waals surface area contributed by atoms with Crippen LogP contribution in [0.1, 0.15) is 51.7 Å². The summed E-state index contributed by atoms with van der Waals surface area (Å²) in [6.07, 6.45) is -0.351. The average molecular weight is 635 g/mol. The molecule has 1 aromatic heterocycles. The minimum absolute atomic E-state index is 0.0577. The van der Waals surface area contributed by atoms with Gasteiger partial charge < -0.3 is 24.0 Å². The smallest absolute Gasteiger partial charge is 0.378 e. The maximum atomic E-state index is 13.6. The minimum Gasteiger partial charge on any atom is -0.541 e. The van der Waals surface area contributed by atoms with Crippen LogP contribution in [-0.4, -0.2) is 110 Å². The number of fused-ring (bicyclic) bond motifs is 1. The van der Waals surface area contributed by atoms with E-state index in [0.717, 1.165) is 21.7 Å². The number of amides is 3. The summed E-state index contributed by atoms with van der Waals surface area (Å²) in [5.41, 5.74) is -2.36. The van der Waals surface area contributed by atoms with Gasteiger partial charge in [-0.25, -0.2) is 15.6 Å². The van der Waals surface area contributed by atoms with Gasteiger partial charge in [0.1, 0.15) is 11.3 Å². The zero-order valence-electron chi connectivity index (χ0n) is 24.4. The van der Waals surface area contributed by atoms with Gasteiger partial charge in [-0.05, 0) is 41.5 Å². The number of oxime groups is 1. The highest BCUT2D eigenvalue weighted by molar-refractivity contribution is 8.02. The van der Waals surface area contributed by atoms with Gasteiger partial charge in [-0.15, -0.1) is 11.3 Å². The van der Waals surface area contributed by atoms with Gasteiger partial charge in [-0.1, -0.05) is 16.9 Å². The van der Waals surface area contributed by atoms with Gasteiger partial charge in [0.05, 0.1) is 29.4 Å². The molecule has 4 heterocycles. The SMILES string of the molecule is [B]OC(=O)[C@@]1(N2CCN(N)C(=O)C2=O)CN2C(=O)C(CC(=O)/C(=N\OC(C)(C)C(=O)OC(C)(C)C)c3csc(C)n3)[C@H]2S1. The summed E-state index contributed by atoms with van der Waals surface area (Å²) in [5, 5.41) is 6.24. The molecular weight excluding hydrogens is 603 g/mol. The van der Waals surface area contributed by atoms with Crippen LogP contribution < -0.4 is 5.84 Å². The fourth-order valence-electron chi connectivity index (χ4n) is 4.63. The number of ether oxygens (including phenoxy) is 1. The lowest BCUT2D eigenvalue weighted by atomic mass is 9.90. The van der Waals surface area contributed by atoms with E-state index in [2.05, 4.69) is 14.8 Å². The number of carbonyl (C=O) groups excluding carboxylic acids is 6. The first-order valence-corrected chi connectivity index (χ1v) is 14.9. The molecule has 0 bridgehead atoms. The third-order valence-corrected chi connectivity index (χ3v) is 9.36. The number of Topliss-reactive ketones (excluding diaryl/α,β-unsaturated/α-hetero) is 1. The highest BCUT2D eigenvalue weighted by Crippen LogP contribution is 2.52. The summed E-state index contributed by atoms with van der Waals surface area (Å²) in [6, 6.07) is 0. The van der Waals surface area contributed by atoms with Gasteiger partial charge in [0.2, 0.25) is 16.4 Å². The van der Waals surface area contributed by atoms with Crippen molar-refractivity contribution in [1.82, 2.24) is 19.8 Å². The average Bonchev–Trinajstić information content (AvgIpc) is 3.51. The number of ketones is 1. The summed E-state index contributed by atoms with van der Waals surface area (Å²) in [7, 11) is 5.20. The van der Waals surface area contributed by atoms with Gasteiger partial charge in [0.25, 0.3) is 0 Å². The molecular formula is C25H31BN6O9S2. The molecule has 1 aromatic rings. The van der Waals surface area contributed by atoms with E-state index >= 15 is 0 Å². The van der Waals surface area contributed by atoms with Crippen LogP contribution in [-0.2, 0) is 43.0 Å². The molecule has 3 aliphatic rings. The Morgan fingerprint density at radius 1 is 1.16 bits per heavy atom. The number of nitrogens with two attached hydrogens (primary N) is 1. The monoisotopic (exact) mass is 634 g/mol. The summed E-state index contributed by atoms with van der Waals surface area (Å²) in [6.45, 7) is 9.25. The van der Waals surface area contributed by atoms with Crippen LogP contribution in [0.15, 0.2) is 10.5 Å². The van der Waals surface area contributed by atoms with E-state index in [0.29, 0.717) is 5.01 Å². The number of hydrogen-bond acceptors (Lipinski definition) is 14. The maximum Gasteiger partial charge on any atom is 0.378 e. The van der Waals surface area contributed by atoms with Gasteiger partial charge in [-0.2, -0.15) is 0 Å². The van der Waals surface area contributed by atoms with Crippen LogP contribution >= 0.6 is 23.1 Å². The summed E-state index contributed by atoms with van der Waals surface area (Å²) >= 11 is 2.16. The molecule has 3 saturated heterocycles. The summed E-state index contributed by atoms with van der Waals surface area (Å²) in [4.78, 5) is 87.8. The molecule has 18 heteroatoms. The molecule has 43 heavy (non-hydrogen) atoms. The quantitative estimate of drug-likeness (QED) is 0.0544. The first-order valence-electron chi connectivity index (χ1n) is 13.1. The van der Waals surface area contributed by atoms with E-state index in [1.54, 1.807) is 33.1 Å². The number of esters is 1. The molecule has 0 aliphatic carbocycles. The lowest BCUT2D eigenvalue weighted by Crippen LogP contribution is -2.66. The highest BCUT2D eigenvalue weighted by atomic mass is 32.2. The number of hydrazine groups is 1. The van der Waals surface area contributed by atoms with E-state index in [-0.39, 0.29) is 37.5 Å². The van der Waals surface area contributed by atoms with Crippen molar-refractivity contribution in [3.05, 3.63) is 16.1 Å². The molecule has 4 rings (SSSR count). The number of carbonyl (C=O) groups is 6. The predicted molar refractivity (Wildman–Crippen MR) is 153 cm³/mol. The zero-order chi connectivity index (χ0) is 32.1. The fourth-order valence-corrected chi connectivity index (χ4v) is 6.97. The topological polar surface area (TPSA) is 191 Å². The van der Waals surface area contributed by atoms with Crippen molar-refractivity contribution in [2.75, 3.05) is 19.6 Å². The Kier molecular flexibility index (Phi) is 8.69. The number of aromatic nitrogens is 1. The van der Waals surface area contributed by atoms with Crippen LogP contribution in [0, 0.1) is 12.8 Å². The number of rotatable bonds is 9. The second-order valence-electron chi connectivity index (χ2n) is 11.6. The molecule has 1 unspecified atom stereocenters. The molecule has 3 fully saturated rings. The van der Waals surface area contributed by atoms with E-state index in [9.17, 15) is 28.8 Å². The first kappa shape index (κ1) is 32.4. The molecule has 3 amide bonds. The first-order chi connectivity index (χ1) is 19.9. The van der Waals surface area contributed by atoms with E-state index in [1.807, 2.05) is 0 Å². The van der Waals surface area contributed by atoms with Gasteiger partial charge in [0, 0.05) is 18.3 Å². The van der Waals surface area contributed by atoms with Crippen molar-refractivity contribution in [1.29, 1.82) is 0 Å². The molecule has 0 spiro atoms. The minimum atomic E-state index is -1.82. The summed E-state index contributed by atoms with van der Waals surface area (Å²) < 4.78 is 9.88. The summed E-state index contributed by atoms with van der Waals surface area (Å²) in [5.74, 6) is -0.249. The third-order valence-electron chi connectivity index (χ3n) is 6.85. The molecule has 2 radical (unpaired) electrons. The molecule has 3 atom stereocenters. The van der Waals surface area contributed by atoms with E-state index in [4.69, 9.17) is 23.5 Å². The molecule has 0 aromatic carbocycles. The number of nitrogens with zero attached hydrogens (tertiary/aromatic N) is 5. The lowest BCUT2D eigenvalue weighted by molar-refractivity contribution is -0.179. The Hall–Kier alpha value is -3.51. The normalized spacial score (nSPS) is 24.5.